The van der Waals surface area contributed by atoms with Crippen LogP contribution < -0.4 is 9.47 Å². The number of rotatable bonds is 4. The largest absolute Gasteiger partial charge is 0.506 e. The molecule has 22 heavy (non-hydrogen) atoms. The molecule has 2 aromatic carbocycles. The minimum Gasteiger partial charge on any atom is -0.506 e. The van der Waals surface area contributed by atoms with Gasteiger partial charge in [0.15, 0.2) is 11.5 Å². The molecule has 0 aliphatic rings. The van der Waals surface area contributed by atoms with Crippen LogP contribution in [-0.2, 0) is 4.74 Å². The summed E-state index contributed by atoms with van der Waals surface area (Å²) in [7, 11) is 4.35. The predicted molar refractivity (Wildman–Crippen MR) is 85.7 cm³/mol. The average molecular weight is 367 g/mol. The molecule has 0 saturated carbocycles. The van der Waals surface area contributed by atoms with Gasteiger partial charge in [-0.2, -0.15) is 0 Å². The Morgan fingerprint density at radius 2 is 1.86 bits per heavy atom. The molecule has 1 N–H and O–H groups in total. The van der Waals surface area contributed by atoms with Crippen LogP contribution in [0.4, 0.5) is 0 Å². The Morgan fingerprint density at radius 1 is 1.14 bits per heavy atom. The summed E-state index contributed by atoms with van der Waals surface area (Å²) >= 11 is 3.24. The molecule has 116 valence electrons. The first kappa shape index (κ1) is 16.2. The van der Waals surface area contributed by atoms with Gasteiger partial charge in [0.25, 0.3) is 0 Å². The van der Waals surface area contributed by atoms with E-state index in [1.807, 2.05) is 12.1 Å². The average Bonchev–Trinajstić information content (AvgIpc) is 2.55. The summed E-state index contributed by atoms with van der Waals surface area (Å²) in [5, 5.41) is 9.99. The van der Waals surface area contributed by atoms with Crippen molar-refractivity contribution < 1.29 is 24.1 Å². The Bertz CT molecular complexity index is 712. The van der Waals surface area contributed by atoms with Gasteiger partial charge in [-0.1, -0.05) is 12.1 Å². The van der Waals surface area contributed by atoms with E-state index in [1.165, 1.54) is 14.2 Å². The topological polar surface area (TPSA) is 65.0 Å². The van der Waals surface area contributed by atoms with Crippen molar-refractivity contribution in [2.45, 2.75) is 0 Å². The summed E-state index contributed by atoms with van der Waals surface area (Å²) in [5.74, 6) is 0.321. The molecule has 0 aliphatic heterocycles. The number of carbonyl (C=O) groups excluding carboxylic acids is 1. The fourth-order valence-electron chi connectivity index (χ4n) is 2.13. The van der Waals surface area contributed by atoms with Gasteiger partial charge in [0.05, 0.1) is 25.8 Å². The smallest absolute Gasteiger partial charge is 0.341 e. The lowest BCUT2D eigenvalue weighted by atomic mass is 10.0. The highest BCUT2D eigenvalue weighted by Crippen LogP contribution is 2.41. The summed E-state index contributed by atoms with van der Waals surface area (Å²) in [6.45, 7) is 0. The van der Waals surface area contributed by atoms with Crippen LogP contribution in [0.25, 0.3) is 11.1 Å². The Morgan fingerprint density at radius 3 is 2.45 bits per heavy atom. The quantitative estimate of drug-likeness (QED) is 0.837. The zero-order valence-corrected chi connectivity index (χ0v) is 13.9. The minimum absolute atomic E-state index is 0.0664. The normalized spacial score (nSPS) is 10.2. The molecule has 0 radical (unpaired) electrons. The van der Waals surface area contributed by atoms with Gasteiger partial charge in [0.2, 0.25) is 0 Å². The van der Waals surface area contributed by atoms with Gasteiger partial charge < -0.3 is 19.3 Å². The Hall–Kier alpha value is -2.21. The molecule has 0 aromatic heterocycles. The van der Waals surface area contributed by atoms with E-state index < -0.39 is 5.97 Å². The number of esters is 1. The van der Waals surface area contributed by atoms with E-state index >= 15 is 0 Å². The molecule has 0 heterocycles. The molecule has 0 bridgehead atoms. The highest BCUT2D eigenvalue weighted by atomic mass is 79.9. The molecule has 6 heteroatoms. The number of carbonyl (C=O) groups is 1. The number of methoxy groups -OCH3 is 3. The summed E-state index contributed by atoms with van der Waals surface area (Å²) in [6.07, 6.45) is 0. The maximum atomic E-state index is 11.8. The number of aromatic hydroxyl groups is 1. The van der Waals surface area contributed by atoms with E-state index in [4.69, 9.17) is 9.47 Å². The first-order valence-electron chi connectivity index (χ1n) is 6.35. The number of hydrogen-bond acceptors (Lipinski definition) is 5. The van der Waals surface area contributed by atoms with Crippen molar-refractivity contribution in [1.82, 2.24) is 0 Å². The van der Waals surface area contributed by atoms with Crippen molar-refractivity contribution in [2.75, 3.05) is 21.3 Å². The third kappa shape index (κ3) is 2.87. The SMILES string of the molecule is COC(=O)c1cc(-c2cccc(OC)c2OC)cc(Br)c1O. The third-order valence-electron chi connectivity index (χ3n) is 3.18. The van der Waals surface area contributed by atoms with E-state index in [0.717, 1.165) is 5.56 Å². The van der Waals surface area contributed by atoms with Crippen LogP contribution in [0.1, 0.15) is 10.4 Å². The second-order valence-corrected chi connectivity index (χ2v) is 5.24. The fraction of sp³-hybridized carbons (Fsp3) is 0.188. The highest BCUT2D eigenvalue weighted by Gasteiger charge is 2.19. The van der Waals surface area contributed by atoms with Gasteiger partial charge in [-0.25, -0.2) is 4.79 Å². The molecule has 0 atom stereocenters. The van der Waals surface area contributed by atoms with Crippen LogP contribution >= 0.6 is 15.9 Å². The molecular weight excluding hydrogens is 352 g/mol. The second-order valence-electron chi connectivity index (χ2n) is 4.39. The molecule has 0 saturated heterocycles. The minimum atomic E-state index is -0.623. The molecule has 0 amide bonds. The van der Waals surface area contributed by atoms with Crippen LogP contribution in [0.3, 0.4) is 0 Å². The maximum Gasteiger partial charge on any atom is 0.341 e. The lowest BCUT2D eigenvalue weighted by Gasteiger charge is -2.14. The van der Waals surface area contributed by atoms with E-state index in [-0.39, 0.29) is 11.3 Å². The summed E-state index contributed by atoms with van der Waals surface area (Å²) < 4.78 is 15.7. The number of hydrogen-bond donors (Lipinski definition) is 1. The Balaban J connectivity index is 2.68. The van der Waals surface area contributed by atoms with E-state index in [2.05, 4.69) is 20.7 Å². The van der Waals surface area contributed by atoms with Crippen LogP contribution in [-0.4, -0.2) is 32.4 Å². The van der Waals surface area contributed by atoms with Crippen molar-refractivity contribution in [1.29, 1.82) is 0 Å². The standard InChI is InChI=1S/C16H15BrO5/c1-20-13-6-4-5-10(15(13)21-2)9-7-11(16(19)22-3)14(18)12(17)8-9/h4-8,18H,1-3H3. The van der Waals surface area contributed by atoms with Crippen molar-refractivity contribution in [2.24, 2.45) is 0 Å². The highest BCUT2D eigenvalue weighted by molar-refractivity contribution is 9.10. The van der Waals surface area contributed by atoms with Crippen LogP contribution in [0.15, 0.2) is 34.8 Å². The van der Waals surface area contributed by atoms with Crippen molar-refractivity contribution in [3.63, 3.8) is 0 Å². The zero-order chi connectivity index (χ0) is 16.3. The van der Waals surface area contributed by atoms with Crippen LogP contribution in [0.5, 0.6) is 17.2 Å². The van der Waals surface area contributed by atoms with Gasteiger partial charge in [-0.3, -0.25) is 0 Å². The van der Waals surface area contributed by atoms with Gasteiger partial charge >= 0.3 is 5.97 Å². The van der Waals surface area contributed by atoms with Gasteiger partial charge in [-0.15, -0.1) is 0 Å². The lowest BCUT2D eigenvalue weighted by Crippen LogP contribution is -2.02. The first-order chi connectivity index (χ1) is 10.5. The number of halogens is 1. The monoisotopic (exact) mass is 366 g/mol. The number of benzene rings is 2. The number of ether oxygens (including phenoxy) is 3. The molecule has 0 spiro atoms. The van der Waals surface area contributed by atoms with E-state index in [9.17, 15) is 9.90 Å². The molecular formula is C16H15BrO5. The van der Waals surface area contributed by atoms with E-state index in [0.29, 0.717) is 21.5 Å². The van der Waals surface area contributed by atoms with Crippen molar-refractivity contribution >= 4 is 21.9 Å². The Kier molecular flexibility index (Phi) is 4.92. The molecule has 0 aliphatic carbocycles. The second kappa shape index (κ2) is 6.70. The number of para-hydroxylation sites is 1. The number of phenols is 1. The summed E-state index contributed by atoms with van der Waals surface area (Å²) in [4.78, 5) is 11.8. The summed E-state index contributed by atoms with van der Waals surface area (Å²) in [5.41, 5.74) is 1.48. The lowest BCUT2D eigenvalue weighted by molar-refractivity contribution is 0.0597. The fourth-order valence-corrected chi connectivity index (χ4v) is 2.59. The third-order valence-corrected chi connectivity index (χ3v) is 3.79. The molecule has 0 fully saturated rings. The Labute approximate surface area is 136 Å². The van der Waals surface area contributed by atoms with Crippen molar-refractivity contribution in [3.8, 4) is 28.4 Å². The predicted octanol–water partition coefficient (Wildman–Crippen LogP) is 3.63. The van der Waals surface area contributed by atoms with Gasteiger partial charge in [0.1, 0.15) is 11.3 Å². The van der Waals surface area contributed by atoms with Gasteiger partial charge in [-0.05, 0) is 39.7 Å². The molecule has 0 unspecified atom stereocenters. The summed E-state index contributed by atoms with van der Waals surface area (Å²) in [6, 6.07) is 8.66. The van der Waals surface area contributed by atoms with Gasteiger partial charge in [0, 0.05) is 5.56 Å². The molecule has 2 aromatic rings. The van der Waals surface area contributed by atoms with E-state index in [1.54, 1.807) is 25.3 Å². The van der Waals surface area contributed by atoms with Crippen molar-refractivity contribution in [3.05, 3.63) is 40.4 Å². The van der Waals surface area contributed by atoms with Crippen LogP contribution in [0, 0.1) is 0 Å². The first-order valence-corrected chi connectivity index (χ1v) is 7.15. The molecule has 5 nitrogen and oxygen atoms in total. The van der Waals surface area contributed by atoms with Crippen LogP contribution in [0.2, 0.25) is 0 Å². The molecule has 2 rings (SSSR count). The zero-order valence-electron chi connectivity index (χ0n) is 12.3. The number of phenolic OH excluding ortho intramolecular Hbond substituents is 1. The maximum absolute atomic E-state index is 11.8.